The van der Waals surface area contributed by atoms with Crippen molar-refractivity contribution in [1.29, 1.82) is 0 Å². The van der Waals surface area contributed by atoms with E-state index in [1.807, 2.05) is 13.8 Å². The second-order valence-corrected chi connectivity index (χ2v) is 5.10. The van der Waals surface area contributed by atoms with Crippen molar-refractivity contribution in [2.45, 2.75) is 26.7 Å². The number of aromatic hydroxyl groups is 1. The minimum absolute atomic E-state index is 0.0680. The Morgan fingerprint density at radius 1 is 1.15 bits per heavy atom. The van der Waals surface area contributed by atoms with Gasteiger partial charge in [-0.2, -0.15) is 0 Å². The molecule has 0 aliphatic heterocycles. The van der Waals surface area contributed by atoms with E-state index in [1.54, 1.807) is 24.3 Å². The van der Waals surface area contributed by atoms with Crippen LogP contribution < -0.4 is 10.6 Å². The SMILES string of the molecule is CC(C)CNC(=O)CCNC(=O)Cc1ccccc1O. The number of hydrogen-bond acceptors (Lipinski definition) is 3. The number of amides is 2. The average Bonchev–Trinajstić information content (AvgIpc) is 2.39. The van der Waals surface area contributed by atoms with Crippen molar-refractivity contribution >= 4 is 11.8 Å². The van der Waals surface area contributed by atoms with Gasteiger partial charge in [-0.25, -0.2) is 0 Å². The van der Waals surface area contributed by atoms with E-state index in [2.05, 4.69) is 10.6 Å². The molecule has 5 nitrogen and oxygen atoms in total. The van der Waals surface area contributed by atoms with Gasteiger partial charge in [0.15, 0.2) is 0 Å². The molecule has 0 aliphatic carbocycles. The van der Waals surface area contributed by atoms with Gasteiger partial charge in [0.2, 0.25) is 11.8 Å². The van der Waals surface area contributed by atoms with Gasteiger partial charge in [0.05, 0.1) is 6.42 Å². The number of carbonyl (C=O) groups is 2. The van der Waals surface area contributed by atoms with Crippen molar-refractivity contribution in [3.8, 4) is 5.75 Å². The first-order valence-corrected chi connectivity index (χ1v) is 6.79. The van der Waals surface area contributed by atoms with Gasteiger partial charge in [-0.3, -0.25) is 9.59 Å². The van der Waals surface area contributed by atoms with Crippen molar-refractivity contribution in [1.82, 2.24) is 10.6 Å². The summed E-state index contributed by atoms with van der Waals surface area (Å²) in [6.45, 7) is 4.99. The van der Waals surface area contributed by atoms with Crippen LogP contribution in [0.4, 0.5) is 0 Å². The summed E-state index contributed by atoms with van der Waals surface area (Å²) in [7, 11) is 0. The molecule has 0 radical (unpaired) electrons. The fraction of sp³-hybridized carbons (Fsp3) is 0.467. The fourth-order valence-corrected chi connectivity index (χ4v) is 1.62. The van der Waals surface area contributed by atoms with Crippen molar-refractivity contribution in [3.05, 3.63) is 29.8 Å². The first-order chi connectivity index (χ1) is 9.49. The second kappa shape index (κ2) is 8.19. The van der Waals surface area contributed by atoms with E-state index >= 15 is 0 Å². The molecule has 0 spiro atoms. The lowest BCUT2D eigenvalue weighted by Gasteiger charge is -2.09. The van der Waals surface area contributed by atoms with E-state index in [1.165, 1.54) is 0 Å². The van der Waals surface area contributed by atoms with Crippen LogP contribution in [-0.4, -0.2) is 30.0 Å². The minimum Gasteiger partial charge on any atom is -0.508 e. The third-order valence-corrected chi connectivity index (χ3v) is 2.72. The summed E-state index contributed by atoms with van der Waals surface area (Å²) in [6.07, 6.45) is 0.375. The van der Waals surface area contributed by atoms with E-state index < -0.39 is 0 Å². The Morgan fingerprint density at radius 3 is 2.50 bits per heavy atom. The molecule has 2 amide bonds. The first-order valence-electron chi connectivity index (χ1n) is 6.79. The molecule has 1 aromatic rings. The van der Waals surface area contributed by atoms with Gasteiger partial charge >= 0.3 is 0 Å². The highest BCUT2D eigenvalue weighted by atomic mass is 16.3. The smallest absolute Gasteiger partial charge is 0.224 e. The zero-order valence-corrected chi connectivity index (χ0v) is 12.0. The number of nitrogens with one attached hydrogen (secondary N) is 2. The van der Waals surface area contributed by atoms with Gasteiger partial charge < -0.3 is 15.7 Å². The highest BCUT2D eigenvalue weighted by molar-refractivity contribution is 5.80. The molecule has 0 heterocycles. The fourth-order valence-electron chi connectivity index (χ4n) is 1.62. The summed E-state index contributed by atoms with van der Waals surface area (Å²) < 4.78 is 0. The van der Waals surface area contributed by atoms with Gasteiger partial charge in [-0.1, -0.05) is 32.0 Å². The molecule has 0 atom stereocenters. The van der Waals surface area contributed by atoms with Gasteiger partial charge in [-0.05, 0) is 12.0 Å². The Kier molecular flexibility index (Phi) is 6.56. The van der Waals surface area contributed by atoms with Crippen LogP contribution in [0, 0.1) is 5.92 Å². The normalized spacial score (nSPS) is 10.3. The summed E-state index contributed by atoms with van der Waals surface area (Å²) >= 11 is 0. The maximum absolute atomic E-state index is 11.7. The highest BCUT2D eigenvalue weighted by Gasteiger charge is 2.08. The standard InChI is InChI=1S/C15H22N2O3/c1-11(2)10-17-14(19)7-8-16-15(20)9-12-5-3-4-6-13(12)18/h3-6,11,18H,7-10H2,1-2H3,(H,16,20)(H,17,19). The lowest BCUT2D eigenvalue weighted by molar-refractivity contribution is -0.122. The van der Waals surface area contributed by atoms with E-state index in [4.69, 9.17) is 0 Å². The molecular weight excluding hydrogens is 256 g/mol. The molecule has 110 valence electrons. The Bertz CT molecular complexity index is 458. The maximum Gasteiger partial charge on any atom is 0.224 e. The number of carbonyl (C=O) groups excluding carboxylic acids is 2. The second-order valence-electron chi connectivity index (χ2n) is 5.10. The molecule has 0 aliphatic rings. The number of benzene rings is 1. The number of phenols is 1. The lowest BCUT2D eigenvalue weighted by Crippen LogP contribution is -2.32. The van der Waals surface area contributed by atoms with Crippen LogP contribution >= 0.6 is 0 Å². The first kappa shape index (κ1) is 16.0. The van der Waals surface area contributed by atoms with E-state index in [9.17, 15) is 14.7 Å². The number of para-hydroxylation sites is 1. The molecular formula is C15H22N2O3. The largest absolute Gasteiger partial charge is 0.508 e. The molecule has 20 heavy (non-hydrogen) atoms. The molecule has 5 heteroatoms. The maximum atomic E-state index is 11.7. The Labute approximate surface area is 119 Å². The van der Waals surface area contributed by atoms with Crippen LogP contribution in [0.1, 0.15) is 25.8 Å². The van der Waals surface area contributed by atoms with Gasteiger partial charge in [0.1, 0.15) is 5.75 Å². The highest BCUT2D eigenvalue weighted by Crippen LogP contribution is 2.15. The van der Waals surface area contributed by atoms with Crippen LogP contribution in [0.5, 0.6) is 5.75 Å². The Balaban J connectivity index is 2.24. The van der Waals surface area contributed by atoms with Crippen LogP contribution in [-0.2, 0) is 16.0 Å². The molecule has 1 aromatic carbocycles. The summed E-state index contributed by atoms with van der Waals surface area (Å²) in [4.78, 5) is 23.1. The van der Waals surface area contributed by atoms with E-state index in [0.29, 0.717) is 24.6 Å². The van der Waals surface area contributed by atoms with Gasteiger partial charge in [0.25, 0.3) is 0 Å². The predicted molar refractivity (Wildman–Crippen MR) is 77.3 cm³/mol. The summed E-state index contributed by atoms with van der Waals surface area (Å²) in [5.41, 5.74) is 0.578. The van der Waals surface area contributed by atoms with Crippen molar-refractivity contribution in [2.24, 2.45) is 5.92 Å². The van der Waals surface area contributed by atoms with Gasteiger partial charge in [0, 0.05) is 25.1 Å². The molecule has 0 saturated carbocycles. The monoisotopic (exact) mass is 278 g/mol. The van der Waals surface area contributed by atoms with Crippen molar-refractivity contribution in [2.75, 3.05) is 13.1 Å². The molecule has 1 rings (SSSR count). The molecule has 0 bridgehead atoms. The van der Waals surface area contributed by atoms with Crippen LogP contribution in [0.3, 0.4) is 0 Å². The Hall–Kier alpha value is -2.04. The summed E-state index contributed by atoms with van der Waals surface area (Å²) in [5.74, 6) is 0.247. The summed E-state index contributed by atoms with van der Waals surface area (Å²) in [5, 5.41) is 15.0. The third-order valence-electron chi connectivity index (χ3n) is 2.72. The van der Waals surface area contributed by atoms with Crippen molar-refractivity contribution < 1.29 is 14.7 Å². The summed E-state index contributed by atoms with van der Waals surface area (Å²) in [6, 6.07) is 6.71. The zero-order valence-electron chi connectivity index (χ0n) is 12.0. The zero-order chi connectivity index (χ0) is 15.0. The van der Waals surface area contributed by atoms with Crippen molar-refractivity contribution in [3.63, 3.8) is 0 Å². The third kappa shape index (κ3) is 6.22. The molecule has 0 fully saturated rings. The average molecular weight is 278 g/mol. The molecule has 0 aromatic heterocycles. The molecule has 0 saturated heterocycles. The number of hydrogen-bond donors (Lipinski definition) is 3. The Morgan fingerprint density at radius 2 is 1.85 bits per heavy atom. The van der Waals surface area contributed by atoms with Crippen LogP contribution in [0.2, 0.25) is 0 Å². The molecule has 0 unspecified atom stereocenters. The quantitative estimate of drug-likeness (QED) is 0.701. The van der Waals surface area contributed by atoms with Crippen LogP contribution in [0.25, 0.3) is 0 Å². The molecule has 3 N–H and O–H groups in total. The van der Waals surface area contributed by atoms with Gasteiger partial charge in [-0.15, -0.1) is 0 Å². The predicted octanol–water partition coefficient (Wildman–Crippen LogP) is 1.21. The van der Waals surface area contributed by atoms with E-state index in [0.717, 1.165) is 0 Å². The topological polar surface area (TPSA) is 78.4 Å². The van der Waals surface area contributed by atoms with E-state index in [-0.39, 0.29) is 30.4 Å². The number of rotatable bonds is 7. The minimum atomic E-state index is -0.205. The van der Waals surface area contributed by atoms with Crippen LogP contribution in [0.15, 0.2) is 24.3 Å². The lowest BCUT2D eigenvalue weighted by atomic mass is 10.1. The number of phenolic OH excluding ortho intramolecular Hbond substituents is 1.